The monoisotopic (exact) mass is 367 g/mol. The second-order valence-electron chi connectivity index (χ2n) is 7.18. The average Bonchev–Trinajstić information content (AvgIpc) is 3.03. The molecule has 1 aromatic heterocycles. The van der Waals surface area contributed by atoms with Gasteiger partial charge in [0.05, 0.1) is 30.9 Å². The molecule has 6 heteroatoms. The molecule has 2 atom stereocenters. The van der Waals surface area contributed by atoms with Gasteiger partial charge in [-0.1, -0.05) is 18.2 Å². The van der Waals surface area contributed by atoms with Gasteiger partial charge in [-0.25, -0.2) is 0 Å². The normalized spacial score (nSPS) is 23.1. The number of pyridine rings is 1. The van der Waals surface area contributed by atoms with Gasteiger partial charge in [-0.05, 0) is 29.8 Å². The number of rotatable bonds is 5. The largest absolute Gasteiger partial charge is 0.487 e. The molecule has 0 N–H and O–H groups in total. The first-order chi connectivity index (χ1) is 13.2. The first-order valence-corrected chi connectivity index (χ1v) is 9.40. The molecule has 142 valence electrons. The number of likely N-dealkylation sites (tertiary alicyclic amines) is 1. The number of carbonyl (C=O) groups is 1. The second-order valence-corrected chi connectivity index (χ2v) is 7.18. The first-order valence-electron chi connectivity index (χ1n) is 9.40. The van der Waals surface area contributed by atoms with Crippen molar-refractivity contribution in [2.45, 2.75) is 31.7 Å². The van der Waals surface area contributed by atoms with Gasteiger partial charge < -0.3 is 14.4 Å². The van der Waals surface area contributed by atoms with Crippen LogP contribution < -0.4 is 4.74 Å². The smallest absolute Gasteiger partial charge is 0.225 e. The van der Waals surface area contributed by atoms with Crippen LogP contribution in [0.25, 0.3) is 0 Å². The summed E-state index contributed by atoms with van der Waals surface area (Å²) in [6, 6.07) is 14.1. The summed E-state index contributed by atoms with van der Waals surface area (Å²) in [5.74, 6) is 1.02. The Bertz CT molecular complexity index is 783. The van der Waals surface area contributed by atoms with Crippen molar-refractivity contribution in [3.63, 3.8) is 0 Å². The number of nitrogens with zero attached hydrogens (tertiary/aromatic N) is 3. The Balaban J connectivity index is 1.37. The van der Waals surface area contributed by atoms with E-state index >= 15 is 0 Å². The van der Waals surface area contributed by atoms with Crippen LogP contribution in [-0.2, 0) is 22.7 Å². The van der Waals surface area contributed by atoms with Crippen LogP contribution in [0.15, 0.2) is 48.7 Å². The van der Waals surface area contributed by atoms with Gasteiger partial charge in [-0.3, -0.25) is 14.7 Å². The van der Waals surface area contributed by atoms with Crippen molar-refractivity contribution >= 4 is 5.91 Å². The Morgan fingerprint density at radius 2 is 2.15 bits per heavy atom. The van der Waals surface area contributed by atoms with Crippen molar-refractivity contribution in [3.8, 4) is 5.75 Å². The number of benzene rings is 1. The Morgan fingerprint density at radius 3 is 3.00 bits per heavy atom. The molecular formula is C21H25N3O3. The SMILES string of the molecule is CN1C(=O)CCO[C@H]2CN(Cc3cccc(OCc4ccccn4)c3)C[C@@H]21. The highest BCUT2D eigenvalue weighted by atomic mass is 16.5. The summed E-state index contributed by atoms with van der Waals surface area (Å²) in [6.07, 6.45) is 2.36. The number of amides is 1. The summed E-state index contributed by atoms with van der Waals surface area (Å²) < 4.78 is 11.8. The molecule has 1 aromatic carbocycles. The lowest BCUT2D eigenvalue weighted by Crippen LogP contribution is -2.42. The molecule has 2 saturated heterocycles. The van der Waals surface area contributed by atoms with Crippen LogP contribution in [0.2, 0.25) is 0 Å². The van der Waals surface area contributed by atoms with Crippen molar-refractivity contribution in [1.82, 2.24) is 14.8 Å². The Kier molecular flexibility index (Phi) is 5.36. The maximum Gasteiger partial charge on any atom is 0.225 e. The van der Waals surface area contributed by atoms with E-state index < -0.39 is 0 Å². The van der Waals surface area contributed by atoms with Crippen LogP contribution >= 0.6 is 0 Å². The van der Waals surface area contributed by atoms with Crippen LogP contribution in [-0.4, -0.2) is 59.6 Å². The van der Waals surface area contributed by atoms with Crippen molar-refractivity contribution in [1.29, 1.82) is 0 Å². The van der Waals surface area contributed by atoms with Gasteiger partial charge in [0, 0.05) is 32.9 Å². The molecule has 0 saturated carbocycles. The highest BCUT2D eigenvalue weighted by Crippen LogP contribution is 2.24. The van der Waals surface area contributed by atoms with E-state index in [0.29, 0.717) is 19.6 Å². The Hall–Kier alpha value is -2.44. The highest BCUT2D eigenvalue weighted by Gasteiger charge is 2.39. The molecule has 0 radical (unpaired) electrons. The van der Waals surface area contributed by atoms with Gasteiger partial charge in [0.2, 0.25) is 5.91 Å². The average molecular weight is 367 g/mol. The van der Waals surface area contributed by atoms with Gasteiger partial charge in [-0.2, -0.15) is 0 Å². The van der Waals surface area contributed by atoms with Gasteiger partial charge >= 0.3 is 0 Å². The quantitative estimate of drug-likeness (QED) is 0.810. The highest BCUT2D eigenvalue weighted by molar-refractivity contribution is 5.76. The van der Waals surface area contributed by atoms with E-state index in [2.05, 4.69) is 22.0 Å². The molecule has 27 heavy (non-hydrogen) atoms. The van der Waals surface area contributed by atoms with Crippen LogP contribution in [0.5, 0.6) is 5.75 Å². The molecule has 2 fully saturated rings. The molecule has 4 rings (SSSR count). The summed E-state index contributed by atoms with van der Waals surface area (Å²) in [7, 11) is 1.89. The number of fused-ring (bicyclic) bond motifs is 1. The molecule has 0 spiro atoms. The molecule has 0 unspecified atom stereocenters. The van der Waals surface area contributed by atoms with Crippen LogP contribution in [0.4, 0.5) is 0 Å². The topological polar surface area (TPSA) is 54.9 Å². The lowest BCUT2D eigenvalue weighted by atomic mass is 10.2. The van der Waals surface area contributed by atoms with Crippen LogP contribution in [0.3, 0.4) is 0 Å². The number of carbonyl (C=O) groups excluding carboxylic acids is 1. The van der Waals surface area contributed by atoms with Crippen molar-refractivity contribution in [3.05, 3.63) is 59.9 Å². The third-order valence-corrected chi connectivity index (χ3v) is 5.27. The lowest BCUT2D eigenvalue weighted by molar-refractivity contribution is -0.131. The molecule has 0 aliphatic carbocycles. The standard InChI is InChI=1S/C21H25N3O3/c1-23-19-13-24(14-20(19)26-10-8-21(23)25)12-16-5-4-7-18(11-16)27-15-17-6-2-3-9-22-17/h2-7,9,11,19-20H,8,10,12-15H2,1H3/t19-,20-/m0/s1. The lowest BCUT2D eigenvalue weighted by Gasteiger charge is -2.25. The summed E-state index contributed by atoms with van der Waals surface area (Å²) in [4.78, 5) is 20.6. The van der Waals surface area contributed by atoms with E-state index in [-0.39, 0.29) is 18.1 Å². The predicted molar refractivity (Wildman–Crippen MR) is 101 cm³/mol. The number of ether oxygens (including phenoxy) is 2. The summed E-state index contributed by atoms with van der Waals surface area (Å²) in [6.45, 7) is 3.49. The van der Waals surface area contributed by atoms with E-state index in [9.17, 15) is 4.79 Å². The fourth-order valence-corrected chi connectivity index (χ4v) is 3.79. The summed E-state index contributed by atoms with van der Waals surface area (Å²) >= 11 is 0. The van der Waals surface area contributed by atoms with E-state index in [4.69, 9.17) is 9.47 Å². The number of aromatic nitrogens is 1. The zero-order valence-electron chi connectivity index (χ0n) is 15.6. The molecular weight excluding hydrogens is 342 g/mol. The molecule has 0 bridgehead atoms. The number of hydrogen-bond acceptors (Lipinski definition) is 5. The minimum Gasteiger partial charge on any atom is -0.487 e. The van der Waals surface area contributed by atoms with E-state index in [0.717, 1.165) is 31.1 Å². The molecule has 6 nitrogen and oxygen atoms in total. The fraction of sp³-hybridized carbons (Fsp3) is 0.429. The number of hydrogen-bond donors (Lipinski definition) is 0. The van der Waals surface area contributed by atoms with E-state index in [1.165, 1.54) is 5.56 Å². The third kappa shape index (κ3) is 4.28. The van der Waals surface area contributed by atoms with E-state index in [1.54, 1.807) is 6.20 Å². The van der Waals surface area contributed by atoms with Crippen LogP contribution in [0, 0.1) is 0 Å². The fourth-order valence-electron chi connectivity index (χ4n) is 3.79. The molecule has 2 aromatic rings. The summed E-state index contributed by atoms with van der Waals surface area (Å²) in [5, 5.41) is 0. The minimum atomic E-state index is 0.102. The zero-order valence-corrected chi connectivity index (χ0v) is 15.6. The van der Waals surface area contributed by atoms with Gasteiger partial charge in [0.25, 0.3) is 0 Å². The van der Waals surface area contributed by atoms with Crippen molar-refractivity contribution in [2.75, 3.05) is 26.7 Å². The van der Waals surface area contributed by atoms with Gasteiger partial charge in [0.15, 0.2) is 0 Å². The third-order valence-electron chi connectivity index (χ3n) is 5.27. The Morgan fingerprint density at radius 1 is 1.22 bits per heavy atom. The second kappa shape index (κ2) is 8.06. The first kappa shape index (κ1) is 17.9. The van der Waals surface area contributed by atoms with Crippen LogP contribution in [0.1, 0.15) is 17.7 Å². The zero-order chi connectivity index (χ0) is 18.6. The van der Waals surface area contributed by atoms with Crippen molar-refractivity contribution in [2.24, 2.45) is 0 Å². The molecule has 2 aliphatic heterocycles. The predicted octanol–water partition coefficient (Wildman–Crippen LogP) is 2.09. The number of likely N-dealkylation sites (N-methyl/N-ethyl adjacent to an activating group) is 1. The van der Waals surface area contributed by atoms with E-state index in [1.807, 2.05) is 42.3 Å². The van der Waals surface area contributed by atoms with Gasteiger partial charge in [-0.15, -0.1) is 0 Å². The maximum absolute atomic E-state index is 12.1. The molecule has 1 amide bonds. The van der Waals surface area contributed by atoms with Gasteiger partial charge in [0.1, 0.15) is 12.4 Å². The summed E-state index contributed by atoms with van der Waals surface area (Å²) in [5.41, 5.74) is 2.10. The minimum absolute atomic E-state index is 0.102. The van der Waals surface area contributed by atoms with Crippen molar-refractivity contribution < 1.29 is 14.3 Å². The Labute approximate surface area is 159 Å². The maximum atomic E-state index is 12.1. The molecule has 3 heterocycles. The molecule has 2 aliphatic rings.